The zero-order valence-corrected chi connectivity index (χ0v) is 8.42. The minimum Gasteiger partial charge on any atom is -0.369 e. The smallest absolute Gasteiger partial charge is 0.250 e. The van der Waals surface area contributed by atoms with Crippen molar-refractivity contribution in [3.8, 4) is 0 Å². The monoisotopic (exact) mass is 203 g/mol. The molecule has 1 saturated carbocycles. The van der Waals surface area contributed by atoms with E-state index in [1.165, 1.54) is 0 Å². The van der Waals surface area contributed by atoms with Crippen LogP contribution in [0.25, 0.3) is 0 Å². The van der Waals surface area contributed by atoms with Crippen LogP contribution in [-0.2, 0) is 4.79 Å². The van der Waals surface area contributed by atoms with E-state index >= 15 is 0 Å². The average Bonchev–Trinajstić information content (AvgIpc) is 2.70. The van der Waals surface area contributed by atoms with Crippen LogP contribution in [0.3, 0.4) is 0 Å². The minimum atomic E-state index is -0.353. The molecule has 1 aliphatic heterocycles. The quantitative estimate of drug-likeness (QED) is 0.675. The summed E-state index contributed by atoms with van der Waals surface area (Å²) in [7, 11) is 0. The Labute approximate surface area is 88.1 Å². The van der Waals surface area contributed by atoms with Crippen molar-refractivity contribution in [3.63, 3.8) is 0 Å². The standard InChI is InChI=1S/C11H13N3O/c15-10-11(4-1-2-5-11)14-8-3-6-12-7-9(8)13-10/h3,6-7,14H,1-2,4-5H2,(H,13,15). The van der Waals surface area contributed by atoms with E-state index in [0.29, 0.717) is 0 Å². The van der Waals surface area contributed by atoms with Crippen LogP contribution < -0.4 is 10.6 Å². The van der Waals surface area contributed by atoms with Gasteiger partial charge in [-0.3, -0.25) is 9.78 Å². The maximum atomic E-state index is 12.0. The molecule has 4 nitrogen and oxygen atoms in total. The summed E-state index contributed by atoms with van der Waals surface area (Å²) in [5.74, 6) is 0.0977. The van der Waals surface area contributed by atoms with Gasteiger partial charge in [0, 0.05) is 6.20 Å². The number of rotatable bonds is 0. The Balaban J connectivity index is 2.02. The largest absolute Gasteiger partial charge is 0.369 e. The molecule has 2 N–H and O–H groups in total. The number of hydrogen-bond donors (Lipinski definition) is 2. The van der Waals surface area contributed by atoms with Crippen molar-refractivity contribution in [2.24, 2.45) is 0 Å². The van der Waals surface area contributed by atoms with Crippen molar-refractivity contribution in [2.75, 3.05) is 10.6 Å². The van der Waals surface area contributed by atoms with E-state index in [1.54, 1.807) is 12.4 Å². The van der Waals surface area contributed by atoms with Crippen molar-refractivity contribution >= 4 is 17.3 Å². The fraction of sp³-hybridized carbons (Fsp3) is 0.455. The summed E-state index contributed by atoms with van der Waals surface area (Å²) >= 11 is 0. The van der Waals surface area contributed by atoms with Gasteiger partial charge in [-0.1, -0.05) is 12.8 Å². The lowest BCUT2D eigenvalue weighted by atomic mass is 9.93. The Bertz CT molecular complexity index is 410. The molecular weight excluding hydrogens is 190 g/mol. The number of aromatic nitrogens is 1. The average molecular weight is 203 g/mol. The maximum absolute atomic E-state index is 12.0. The molecule has 1 spiro atoms. The number of fused-ring (bicyclic) bond motifs is 1. The molecule has 0 aromatic carbocycles. The highest BCUT2D eigenvalue weighted by Crippen LogP contribution is 2.39. The highest BCUT2D eigenvalue weighted by atomic mass is 16.2. The molecule has 1 aliphatic carbocycles. The van der Waals surface area contributed by atoms with Gasteiger partial charge in [-0.25, -0.2) is 0 Å². The molecule has 0 bridgehead atoms. The molecular formula is C11H13N3O. The maximum Gasteiger partial charge on any atom is 0.250 e. The summed E-state index contributed by atoms with van der Waals surface area (Å²) in [6, 6.07) is 1.91. The third-order valence-electron chi connectivity index (χ3n) is 3.33. The summed E-state index contributed by atoms with van der Waals surface area (Å²) in [6.45, 7) is 0. The molecule has 2 aliphatic rings. The van der Waals surface area contributed by atoms with Gasteiger partial charge in [0.1, 0.15) is 5.54 Å². The highest BCUT2D eigenvalue weighted by Gasteiger charge is 2.43. The normalized spacial score (nSPS) is 22.0. The second kappa shape index (κ2) is 2.95. The number of amides is 1. The molecule has 0 unspecified atom stereocenters. The Morgan fingerprint density at radius 1 is 1.27 bits per heavy atom. The number of nitrogens with zero attached hydrogens (tertiary/aromatic N) is 1. The summed E-state index contributed by atoms with van der Waals surface area (Å²) in [5.41, 5.74) is 1.43. The van der Waals surface area contributed by atoms with Crippen LogP contribution in [0.5, 0.6) is 0 Å². The topological polar surface area (TPSA) is 54.0 Å². The Morgan fingerprint density at radius 2 is 2.07 bits per heavy atom. The second-order valence-electron chi connectivity index (χ2n) is 4.29. The summed E-state index contributed by atoms with van der Waals surface area (Å²) in [4.78, 5) is 16.0. The van der Waals surface area contributed by atoms with E-state index in [2.05, 4.69) is 15.6 Å². The van der Waals surface area contributed by atoms with Gasteiger partial charge in [-0.2, -0.15) is 0 Å². The van der Waals surface area contributed by atoms with Crippen molar-refractivity contribution in [1.82, 2.24) is 4.98 Å². The summed E-state index contributed by atoms with van der Waals surface area (Å²) in [5, 5.41) is 6.30. The molecule has 0 radical (unpaired) electrons. The van der Waals surface area contributed by atoms with Gasteiger partial charge >= 0.3 is 0 Å². The molecule has 0 atom stereocenters. The number of carbonyl (C=O) groups excluding carboxylic acids is 1. The van der Waals surface area contributed by atoms with Crippen molar-refractivity contribution in [3.05, 3.63) is 18.5 Å². The van der Waals surface area contributed by atoms with Crippen LogP contribution in [0.2, 0.25) is 0 Å². The van der Waals surface area contributed by atoms with Gasteiger partial charge in [0.05, 0.1) is 17.6 Å². The van der Waals surface area contributed by atoms with E-state index in [1.807, 2.05) is 6.07 Å². The fourth-order valence-electron chi connectivity index (χ4n) is 2.49. The molecule has 0 saturated heterocycles. The zero-order valence-electron chi connectivity index (χ0n) is 8.42. The minimum absolute atomic E-state index is 0.0977. The van der Waals surface area contributed by atoms with Crippen LogP contribution in [0, 0.1) is 0 Å². The number of anilines is 2. The Hall–Kier alpha value is -1.58. The summed E-state index contributed by atoms with van der Waals surface area (Å²) < 4.78 is 0. The summed E-state index contributed by atoms with van der Waals surface area (Å²) in [6.07, 6.45) is 7.54. The third kappa shape index (κ3) is 1.21. The highest BCUT2D eigenvalue weighted by molar-refractivity contribution is 6.05. The van der Waals surface area contributed by atoms with Crippen LogP contribution in [0.15, 0.2) is 18.5 Å². The van der Waals surface area contributed by atoms with Crippen LogP contribution in [0.1, 0.15) is 25.7 Å². The molecule has 2 heterocycles. The first-order chi connectivity index (χ1) is 7.30. The Morgan fingerprint density at radius 3 is 2.87 bits per heavy atom. The molecule has 1 fully saturated rings. The van der Waals surface area contributed by atoms with Gasteiger partial charge < -0.3 is 10.6 Å². The molecule has 3 rings (SSSR count). The second-order valence-corrected chi connectivity index (χ2v) is 4.29. The van der Waals surface area contributed by atoms with Crippen LogP contribution in [0.4, 0.5) is 11.4 Å². The van der Waals surface area contributed by atoms with Crippen LogP contribution >= 0.6 is 0 Å². The van der Waals surface area contributed by atoms with Gasteiger partial charge in [0.15, 0.2) is 0 Å². The van der Waals surface area contributed by atoms with Crippen molar-refractivity contribution in [2.45, 2.75) is 31.2 Å². The molecule has 78 valence electrons. The lowest BCUT2D eigenvalue weighted by molar-refractivity contribution is -0.120. The number of nitrogens with one attached hydrogen (secondary N) is 2. The predicted octanol–water partition coefficient (Wildman–Crippen LogP) is 1.76. The molecule has 1 aromatic heterocycles. The van der Waals surface area contributed by atoms with E-state index in [9.17, 15) is 4.79 Å². The third-order valence-corrected chi connectivity index (χ3v) is 3.33. The molecule has 4 heteroatoms. The first-order valence-corrected chi connectivity index (χ1v) is 5.34. The van der Waals surface area contributed by atoms with Crippen molar-refractivity contribution in [1.29, 1.82) is 0 Å². The molecule has 1 aromatic rings. The van der Waals surface area contributed by atoms with Gasteiger partial charge in [0.2, 0.25) is 5.91 Å². The van der Waals surface area contributed by atoms with Crippen LogP contribution in [-0.4, -0.2) is 16.4 Å². The number of carbonyl (C=O) groups is 1. The first kappa shape index (κ1) is 8.71. The van der Waals surface area contributed by atoms with Gasteiger partial charge in [-0.05, 0) is 18.9 Å². The number of pyridine rings is 1. The lowest BCUT2D eigenvalue weighted by Crippen LogP contribution is -2.50. The van der Waals surface area contributed by atoms with E-state index in [4.69, 9.17) is 0 Å². The molecule has 1 amide bonds. The van der Waals surface area contributed by atoms with E-state index in [0.717, 1.165) is 37.1 Å². The SMILES string of the molecule is O=C1Nc2cnccc2NC12CCCC2. The van der Waals surface area contributed by atoms with Gasteiger partial charge in [-0.15, -0.1) is 0 Å². The first-order valence-electron chi connectivity index (χ1n) is 5.34. The predicted molar refractivity (Wildman–Crippen MR) is 57.7 cm³/mol. The van der Waals surface area contributed by atoms with E-state index in [-0.39, 0.29) is 11.4 Å². The zero-order chi connectivity index (χ0) is 10.3. The van der Waals surface area contributed by atoms with Gasteiger partial charge in [0.25, 0.3) is 0 Å². The van der Waals surface area contributed by atoms with Crippen molar-refractivity contribution < 1.29 is 4.79 Å². The molecule has 15 heavy (non-hydrogen) atoms. The van der Waals surface area contributed by atoms with E-state index < -0.39 is 0 Å². The number of hydrogen-bond acceptors (Lipinski definition) is 3. The Kier molecular flexibility index (Phi) is 1.71. The lowest BCUT2D eigenvalue weighted by Gasteiger charge is -2.35. The fourth-order valence-corrected chi connectivity index (χ4v) is 2.49.